The molecule has 0 aliphatic rings. The molecule has 0 aromatic carbocycles. The van der Waals surface area contributed by atoms with Gasteiger partial charge in [0, 0.05) is 66.2 Å². The number of carboxylic acid groups (broad SMARTS) is 3. The van der Waals surface area contributed by atoms with E-state index in [0.29, 0.717) is 19.3 Å². The molecular weight excluding hydrogens is 557 g/mol. The first-order valence-corrected chi connectivity index (χ1v) is 12.0. The SMILES string of the molecule is CCCCCCCC(=O)O.CCCCCCCC(=O)O.CCCCCCCC(=O)O.[Yb]. The van der Waals surface area contributed by atoms with Gasteiger partial charge in [-0.05, 0) is 19.3 Å². The maximum atomic E-state index is 10.0. The van der Waals surface area contributed by atoms with Gasteiger partial charge in [0.1, 0.15) is 0 Å². The van der Waals surface area contributed by atoms with E-state index in [4.69, 9.17) is 15.3 Å². The Kier molecular flexibility index (Phi) is 42.6. The number of carboxylic acids is 3. The Bertz CT molecular complexity index is 331. The zero-order valence-electron chi connectivity index (χ0n) is 20.1. The third-order valence-corrected chi connectivity index (χ3v) is 4.48. The third kappa shape index (κ3) is 53.3. The van der Waals surface area contributed by atoms with Crippen LogP contribution in [0.25, 0.3) is 0 Å². The normalized spacial score (nSPS) is 9.39. The van der Waals surface area contributed by atoms with Crippen molar-refractivity contribution in [3.63, 3.8) is 0 Å². The molecule has 0 fully saturated rings. The van der Waals surface area contributed by atoms with Gasteiger partial charge in [-0.3, -0.25) is 14.4 Å². The zero-order valence-corrected chi connectivity index (χ0v) is 21.8. The van der Waals surface area contributed by atoms with Gasteiger partial charge < -0.3 is 15.3 Å². The van der Waals surface area contributed by atoms with Crippen molar-refractivity contribution in [2.75, 3.05) is 0 Å². The zero-order chi connectivity index (χ0) is 23.5. The van der Waals surface area contributed by atoms with E-state index in [1.807, 2.05) is 0 Å². The van der Waals surface area contributed by atoms with Crippen LogP contribution < -0.4 is 0 Å². The van der Waals surface area contributed by atoms with Crippen LogP contribution in [-0.4, -0.2) is 33.2 Å². The maximum Gasteiger partial charge on any atom is 0.303 e. The number of rotatable bonds is 18. The van der Waals surface area contributed by atoms with Crippen LogP contribution in [0.3, 0.4) is 0 Å². The second-order valence-corrected chi connectivity index (χ2v) is 7.67. The number of unbranched alkanes of at least 4 members (excludes halogenated alkanes) is 12. The molecule has 194 valence electrons. The molecule has 0 heterocycles. The van der Waals surface area contributed by atoms with Gasteiger partial charge in [-0.15, -0.1) is 0 Å². The summed E-state index contributed by atoms with van der Waals surface area (Å²) in [5.74, 6) is -2.01. The van der Waals surface area contributed by atoms with E-state index < -0.39 is 17.9 Å². The van der Waals surface area contributed by atoms with Crippen molar-refractivity contribution >= 4 is 17.9 Å². The summed E-state index contributed by atoms with van der Waals surface area (Å²) in [5.41, 5.74) is 0. The summed E-state index contributed by atoms with van der Waals surface area (Å²) < 4.78 is 0. The van der Waals surface area contributed by atoms with E-state index in [2.05, 4.69) is 20.8 Å². The van der Waals surface area contributed by atoms with Crippen LogP contribution >= 0.6 is 0 Å². The fourth-order valence-electron chi connectivity index (χ4n) is 2.64. The van der Waals surface area contributed by atoms with Crippen molar-refractivity contribution < 1.29 is 76.6 Å². The van der Waals surface area contributed by atoms with E-state index in [1.54, 1.807) is 0 Å². The quantitative estimate of drug-likeness (QED) is 0.142. The van der Waals surface area contributed by atoms with Crippen LogP contribution in [0.4, 0.5) is 0 Å². The molecule has 0 amide bonds. The van der Waals surface area contributed by atoms with E-state index in [-0.39, 0.29) is 46.9 Å². The Balaban J connectivity index is -0.000000174. The second kappa shape index (κ2) is 34.5. The molecule has 0 spiro atoms. The molecule has 0 bridgehead atoms. The standard InChI is InChI=1S/3C8H16O2.Yb/c3*1-2-3-4-5-6-7-8(9)10;/h3*2-7H2,1H3,(H,9,10);. The van der Waals surface area contributed by atoms with Crippen molar-refractivity contribution in [1.82, 2.24) is 0 Å². The molecule has 0 saturated heterocycles. The summed E-state index contributed by atoms with van der Waals surface area (Å²) in [5, 5.41) is 24.8. The predicted molar refractivity (Wildman–Crippen MR) is 123 cm³/mol. The van der Waals surface area contributed by atoms with Crippen molar-refractivity contribution in [3.8, 4) is 0 Å². The van der Waals surface area contributed by atoms with E-state index in [0.717, 1.165) is 38.5 Å². The fraction of sp³-hybridized carbons (Fsp3) is 0.875. The molecule has 0 aliphatic carbocycles. The van der Waals surface area contributed by atoms with Gasteiger partial charge >= 0.3 is 17.9 Å². The minimum absolute atomic E-state index is 0. The summed E-state index contributed by atoms with van der Waals surface area (Å²) in [6.07, 6.45) is 17.7. The molecule has 0 saturated carbocycles. The molecule has 0 aromatic rings. The van der Waals surface area contributed by atoms with Gasteiger partial charge in [0.25, 0.3) is 0 Å². The van der Waals surface area contributed by atoms with Gasteiger partial charge in [0.2, 0.25) is 0 Å². The minimum atomic E-state index is -0.670. The number of carbonyl (C=O) groups is 3. The minimum Gasteiger partial charge on any atom is -0.481 e. The molecule has 0 radical (unpaired) electrons. The average Bonchev–Trinajstić information content (AvgIpc) is 2.68. The summed E-state index contributed by atoms with van der Waals surface area (Å²) in [4.78, 5) is 30.1. The van der Waals surface area contributed by atoms with Crippen LogP contribution in [0.2, 0.25) is 0 Å². The smallest absolute Gasteiger partial charge is 0.303 e. The first kappa shape index (κ1) is 38.2. The predicted octanol–water partition coefficient (Wildman–Crippen LogP) is 7.29. The molecule has 0 aromatic heterocycles. The monoisotopic (exact) mass is 606 g/mol. The molecule has 0 rings (SSSR count). The molecule has 6 nitrogen and oxygen atoms in total. The second-order valence-electron chi connectivity index (χ2n) is 7.67. The Morgan fingerprint density at radius 3 is 0.774 bits per heavy atom. The summed E-state index contributed by atoms with van der Waals surface area (Å²) >= 11 is 0. The Morgan fingerprint density at radius 1 is 0.419 bits per heavy atom. The number of hydrogen-bond acceptors (Lipinski definition) is 3. The first-order chi connectivity index (χ1) is 14.3. The fourth-order valence-corrected chi connectivity index (χ4v) is 2.64. The average molecular weight is 606 g/mol. The molecule has 0 atom stereocenters. The number of aliphatic carboxylic acids is 3. The Labute approximate surface area is 229 Å². The van der Waals surface area contributed by atoms with Crippen LogP contribution in [0.1, 0.15) is 136 Å². The van der Waals surface area contributed by atoms with Gasteiger partial charge in [-0.25, -0.2) is 0 Å². The van der Waals surface area contributed by atoms with Crippen LogP contribution in [0.5, 0.6) is 0 Å². The van der Waals surface area contributed by atoms with Crippen molar-refractivity contribution in [2.24, 2.45) is 0 Å². The Hall–Kier alpha value is -0.0705. The molecular formula is C24H48O6Yb. The topological polar surface area (TPSA) is 112 Å². The van der Waals surface area contributed by atoms with Crippen molar-refractivity contribution in [3.05, 3.63) is 0 Å². The molecule has 0 unspecified atom stereocenters. The van der Waals surface area contributed by atoms with Crippen LogP contribution in [-0.2, 0) is 14.4 Å². The molecule has 0 aliphatic heterocycles. The summed E-state index contributed by atoms with van der Waals surface area (Å²) in [7, 11) is 0. The van der Waals surface area contributed by atoms with Crippen molar-refractivity contribution in [2.45, 2.75) is 136 Å². The van der Waals surface area contributed by atoms with Gasteiger partial charge in [-0.2, -0.15) is 0 Å². The third-order valence-electron chi connectivity index (χ3n) is 4.48. The van der Waals surface area contributed by atoms with E-state index >= 15 is 0 Å². The largest absolute Gasteiger partial charge is 0.481 e. The van der Waals surface area contributed by atoms with E-state index in [1.165, 1.54) is 57.8 Å². The van der Waals surface area contributed by atoms with Gasteiger partial charge in [0.15, 0.2) is 0 Å². The van der Waals surface area contributed by atoms with Gasteiger partial charge in [0.05, 0.1) is 0 Å². The van der Waals surface area contributed by atoms with Gasteiger partial charge in [-0.1, -0.05) is 97.8 Å². The maximum absolute atomic E-state index is 10.0. The molecule has 3 N–H and O–H groups in total. The first-order valence-electron chi connectivity index (χ1n) is 12.0. The van der Waals surface area contributed by atoms with Crippen LogP contribution in [0, 0.1) is 46.9 Å². The summed E-state index contributed by atoms with van der Waals surface area (Å²) in [6.45, 7) is 6.45. The summed E-state index contributed by atoms with van der Waals surface area (Å²) in [6, 6.07) is 0. The Morgan fingerprint density at radius 2 is 0.613 bits per heavy atom. The van der Waals surface area contributed by atoms with Crippen LogP contribution in [0.15, 0.2) is 0 Å². The molecule has 7 heteroatoms. The number of hydrogen-bond donors (Lipinski definition) is 3. The van der Waals surface area contributed by atoms with E-state index in [9.17, 15) is 14.4 Å². The van der Waals surface area contributed by atoms with Crippen molar-refractivity contribution in [1.29, 1.82) is 0 Å². The molecule has 31 heavy (non-hydrogen) atoms.